The Morgan fingerprint density at radius 1 is 1.27 bits per heavy atom. The number of rotatable bonds is 6. The molecule has 1 aliphatic carbocycles. The summed E-state index contributed by atoms with van der Waals surface area (Å²) in [7, 11) is 0. The number of hydrogen-bond donors (Lipinski definition) is 1. The van der Waals surface area contributed by atoms with Gasteiger partial charge in [0.2, 0.25) is 0 Å². The maximum atomic E-state index is 11.3. The third-order valence-corrected chi connectivity index (χ3v) is 4.84. The van der Waals surface area contributed by atoms with Crippen LogP contribution in [0.5, 0.6) is 0 Å². The van der Waals surface area contributed by atoms with Gasteiger partial charge in [-0.1, -0.05) is 12.8 Å². The van der Waals surface area contributed by atoms with Gasteiger partial charge in [0.25, 0.3) is 0 Å². The maximum absolute atomic E-state index is 11.3. The number of nitrogens with zero attached hydrogens (tertiary/aromatic N) is 2. The predicted octanol–water partition coefficient (Wildman–Crippen LogP) is 2.56. The van der Waals surface area contributed by atoms with E-state index in [4.69, 9.17) is 9.73 Å². The summed E-state index contributed by atoms with van der Waals surface area (Å²) in [6, 6.07) is 0. The molecular weight excluding hydrogens is 278 g/mol. The van der Waals surface area contributed by atoms with Crippen molar-refractivity contribution >= 4 is 11.9 Å². The first kappa shape index (κ1) is 17.1. The zero-order chi connectivity index (χ0) is 15.8. The summed E-state index contributed by atoms with van der Waals surface area (Å²) in [5, 5.41) is 3.40. The highest BCUT2D eigenvalue weighted by molar-refractivity contribution is 5.80. The Labute approximate surface area is 134 Å². The fraction of sp³-hybridized carbons (Fsp3) is 0.882. The molecule has 0 radical (unpaired) electrons. The molecule has 1 spiro atoms. The molecule has 5 nitrogen and oxygen atoms in total. The molecule has 1 saturated heterocycles. The third kappa shape index (κ3) is 4.62. The van der Waals surface area contributed by atoms with Crippen LogP contribution in [0.4, 0.5) is 0 Å². The van der Waals surface area contributed by atoms with Crippen LogP contribution < -0.4 is 5.32 Å². The van der Waals surface area contributed by atoms with Crippen molar-refractivity contribution in [1.29, 1.82) is 0 Å². The SMILES string of the molecule is CCNC(=NCCCC(=O)OCC)N1CCC2(CCCC2)C1. The lowest BCUT2D eigenvalue weighted by atomic mass is 9.86. The first-order valence-corrected chi connectivity index (χ1v) is 8.88. The van der Waals surface area contributed by atoms with Crippen LogP contribution in [-0.2, 0) is 9.53 Å². The molecule has 0 aromatic carbocycles. The van der Waals surface area contributed by atoms with Gasteiger partial charge in [-0.3, -0.25) is 9.79 Å². The predicted molar refractivity (Wildman–Crippen MR) is 88.9 cm³/mol. The summed E-state index contributed by atoms with van der Waals surface area (Å²) in [5.41, 5.74) is 0.557. The highest BCUT2D eigenvalue weighted by atomic mass is 16.5. The molecule has 0 amide bonds. The number of likely N-dealkylation sites (tertiary alicyclic amines) is 1. The Morgan fingerprint density at radius 2 is 2.05 bits per heavy atom. The van der Waals surface area contributed by atoms with Crippen molar-refractivity contribution in [2.45, 2.75) is 58.8 Å². The summed E-state index contributed by atoms with van der Waals surface area (Å²) in [4.78, 5) is 18.5. The van der Waals surface area contributed by atoms with Gasteiger partial charge in [-0.05, 0) is 44.9 Å². The van der Waals surface area contributed by atoms with Crippen LogP contribution in [0, 0.1) is 5.41 Å². The van der Waals surface area contributed by atoms with Crippen molar-refractivity contribution in [1.82, 2.24) is 10.2 Å². The van der Waals surface area contributed by atoms with E-state index >= 15 is 0 Å². The van der Waals surface area contributed by atoms with Crippen molar-refractivity contribution in [2.75, 3.05) is 32.8 Å². The van der Waals surface area contributed by atoms with Crippen LogP contribution in [0.15, 0.2) is 4.99 Å². The number of carbonyl (C=O) groups is 1. The van der Waals surface area contributed by atoms with Crippen molar-refractivity contribution < 1.29 is 9.53 Å². The number of aliphatic imine (C=N–C) groups is 1. The van der Waals surface area contributed by atoms with Crippen molar-refractivity contribution in [3.63, 3.8) is 0 Å². The second kappa shape index (κ2) is 8.39. The van der Waals surface area contributed by atoms with E-state index in [2.05, 4.69) is 17.1 Å². The molecule has 1 saturated carbocycles. The number of esters is 1. The lowest BCUT2D eigenvalue weighted by Gasteiger charge is -2.25. The Morgan fingerprint density at radius 3 is 2.73 bits per heavy atom. The van der Waals surface area contributed by atoms with Gasteiger partial charge in [-0.25, -0.2) is 0 Å². The standard InChI is InChI=1S/C17H31N3O2/c1-3-18-16(19-12-7-8-15(21)22-4-2)20-13-11-17(14-20)9-5-6-10-17/h3-14H2,1-2H3,(H,18,19). The molecule has 0 bridgehead atoms. The second-order valence-corrected chi connectivity index (χ2v) is 6.52. The van der Waals surface area contributed by atoms with Crippen molar-refractivity contribution in [3.8, 4) is 0 Å². The molecule has 22 heavy (non-hydrogen) atoms. The number of nitrogens with one attached hydrogen (secondary N) is 1. The van der Waals surface area contributed by atoms with Crippen LogP contribution >= 0.6 is 0 Å². The summed E-state index contributed by atoms with van der Waals surface area (Å²) < 4.78 is 4.95. The third-order valence-electron chi connectivity index (χ3n) is 4.84. The fourth-order valence-electron chi connectivity index (χ4n) is 3.72. The minimum atomic E-state index is -0.117. The molecule has 0 aromatic rings. The van der Waals surface area contributed by atoms with Gasteiger partial charge in [0, 0.05) is 32.6 Å². The van der Waals surface area contributed by atoms with E-state index in [1.807, 2.05) is 6.92 Å². The van der Waals surface area contributed by atoms with Crippen LogP contribution in [-0.4, -0.2) is 49.6 Å². The topological polar surface area (TPSA) is 53.9 Å². The smallest absolute Gasteiger partial charge is 0.305 e. The quantitative estimate of drug-likeness (QED) is 0.355. The van der Waals surface area contributed by atoms with Gasteiger partial charge < -0.3 is 15.0 Å². The normalized spacial score (nSPS) is 20.6. The molecule has 2 rings (SSSR count). The summed E-state index contributed by atoms with van der Waals surface area (Å²) in [6.45, 7) is 8.24. The molecule has 0 unspecified atom stereocenters. The van der Waals surface area contributed by atoms with Crippen molar-refractivity contribution in [2.24, 2.45) is 10.4 Å². The first-order chi connectivity index (χ1) is 10.7. The Hall–Kier alpha value is -1.26. The summed E-state index contributed by atoms with van der Waals surface area (Å²) >= 11 is 0. The van der Waals surface area contributed by atoms with Crippen LogP contribution in [0.3, 0.4) is 0 Å². The highest BCUT2D eigenvalue weighted by Crippen LogP contribution is 2.45. The summed E-state index contributed by atoms with van der Waals surface area (Å²) in [6.07, 6.45) is 8.06. The van der Waals surface area contributed by atoms with E-state index in [1.54, 1.807) is 0 Å². The van der Waals surface area contributed by atoms with Gasteiger partial charge >= 0.3 is 5.97 Å². The lowest BCUT2D eigenvalue weighted by Crippen LogP contribution is -2.41. The lowest BCUT2D eigenvalue weighted by molar-refractivity contribution is -0.143. The molecule has 1 heterocycles. The monoisotopic (exact) mass is 309 g/mol. The van der Waals surface area contributed by atoms with E-state index in [-0.39, 0.29) is 5.97 Å². The molecule has 126 valence electrons. The minimum absolute atomic E-state index is 0.117. The first-order valence-electron chi connectivity index (χ1n) is 8.88. The van der Waals surface area contributed by atoms with E-state index in [0.29, 0.717) is 25.0 Å². The Balaban J connectivity index is 1.81. The highest BCUT2D eigenvalue weighted by Gasteiger charge is 2.40. The Bertz CT molecular complexity index is 389. The number of ether oxygens (including phenoxy) is 1. The Kier molecular flexibility index (Phi) is 6.52. The van der Waals surface area contributed by atoms with Crippen LogP contribution in [0.1, 0.15) is 58.8 Å². The number of hydrogen-bond acceptors (Lipinski definition) is 3. The zero-order valence-electron chi connectivity index (χ0n) is 14.2. The van der Waals surface area contributed by atoms with Gasteiger partial charge in [-0.15, -0.1) is 0 Å². The molecule has 2 fully saturated rings. The van der Waals surface area contributed by atoms with E-state index < -0.39 is 0 Å². The van der Waals surface area contributed by atoms with E-state index in [9.17, 15) is 4.79 Å². The molecule has 0 aromatic heterocycles. The minimum Gasteiger partial charge on any atom is -0.466 e. The van der Waals surface area contributed by atoms with Gasteiger partial charge in [0.1, 0.15) is 0 Å². The average Bonchev–Trinajstić information content (AvgIpc) is 3.13. The van der Waals surface area contributed by atoms with E-state index in [0.717, 1.165) is 32.0 Å². The molecule has 1 aliphatic heterocycles. The molecule has 2 aliphatic rings. The molecule has 0 atom stereocenters. The zero-order valence-corrected chi connectivity index (χ0v) is 14.2. The largest absolute Gasteiger partial charge is 0.466 e. The molecule has 5 heteroatoms. The number of guanidine groups is 1. The maximum Gasteiger partial charge on any atom is 0.305 e. The van der Waals surface area contributed by atoms with Crippen LogP contribution in [0.25, 0.3) is 0 Å². The van der Waals surface area contributed by atoms with Crippen molar-refractivity contribution in [3.05, 3.63) is 0 Å². The number of carbonyl (C=O) groups excluding carboxylic acids is 1. The summed E-state index contributed by atoms with van der Waals surface area (Å²) in [5.74, 6) is 0.906. The van der Waals surface area contributed by atoms with Gasteiger partial charge in [0.15, 0.2) is 5.96 Å². The van der Waals surface area contributed by atoms with Gasteiger partial charge in [0.05, 0.1) is 6.61 Å². The fourth-order valence-corrected chi connectivity index (χ4v) is 3.72. The van der Waals surface area contributed by atoms with Gasteiger partial charge in [-0.2, -0.15) is 0 Å². The average molecular weight is 309 g/mol. The molecule has 1 N–H and O–H groups in total. The second-order valence-electron chi connectivity index (χ2n) is 6.52. The molecular formula is C17H31N3O2. The van der Waals surface area contributed by atoms with E-state index in [1.165, 1.54) is 32.1 Å². The van der Waals surface area contributed by atoms with Crippen LogP contribution in [0.2, 0.25) is 0 Å².